The standard InChI is InChI=1S/C22H26F3N3O3/c1-4-7-17(31-16-8-9-18(27-15-16)22(23,24)25)20(26-12-5-2)21(30)10-13-28(14-11-21)19(29)6-3/h5-9,12,15,30H,3-4,10-11,13-14H2,1-2H3/b12-5-,17-7-,26-20-. The summed E-state index contributed by atoms with van der Waals surface area (Å²) in [6, 6.07) is 2.00. The number of likely N-dealkylation sites (tertiary alicyclic amines) is 1. The monoisotopic (exact) mass is 437 g/mol. The average molecular weight is 437 g/mol. The van der Waals surface area contributed by atoms with E-state index >= 15 is 0 Å². The summed E-state index contributed by atoms with van der Waals surface area (Å²) in [4.78, 5) is 21.2. The summed E-state index contributed by atoms with van der Waals surface area (Å²) in [5, 5.41) is 11.3. The van der Waals surface area contributed by atoms with E-state index in [0.717, 1.165) is 12.3 Å². The molecule has 168 valence electrons. The SMILES string of the molecule is C=CC(=O)N1CCC(O)(C(=N\C=C/C)/C(=C/CC)Oc2ccc(C(F)(F)F)nc2)CC1. The van der Waals surface area contributed by atoms with E-state index in [1.165, 1.54) is 18.3 Å². The lowest BCUT2D eigenvalue weighted by atomic mass is 9.85. The van der Waals surface area contributed by atoms with E-state index in [1.54, 1.807) is 24.0 Å². The zero-order chi connectivity index (χ0) is 23.1. The maximum Gasteiger partial charge on any atom is 0.433 e. The van der Waals surface area contributed by atoms with Crippen LogP contribution < -0.4 is 4.74 Å². The normalized spacial score (nSPS) is 17.7. The van der Waals surface area contributed by atoms with Crippen molar-refractivity contribution in [1.29, 1.82) is 0 Å². The molecule has 0 aromatic carbocycles. The number of carbonyl (C=O) groups is 1. The molecule has 0 radical (unpaired) electrons. The number of alkyl halides is 3. The topological polar surface area (TPSA) is 75.0 Å². The van der Waals surface area contributed by atoms with Crippen LogP contribution >= 0.6 is 0 Å². The van der Waals surface area contributed by atoms with E-state index in [9.17, 15) is 23.1 Å². The van der Waals surface area contributed by atoms with Gasteiger partial charge in [-0.2, -0.15) is 13.2 Å². The minimum absolute atomic E-state index is 0.0868. The lowest BCUT2D eigenvalue weighted by molar-refractivity contribution is -0.141. The van der Waals surface area contributed by atoms with Gasteiger partial charge in [0.05, 0.1) is 6.20 Å². The van der Waals surface area contributed by atoms with Gasteiger partial charge < -0.3 is 14.7 Å². The van der Waals surface area contributed by atoms with Gasteiger partial charge in [-0.3, -0.25) is 9.79 Å². The zero-order valence-corrected chi connectivity index (χ0v) is 17.5. The maximum absolute atomic E-state index is 12.8. The third-order valence-corrected chi connectivity index (χ3v) is 4.75. The van der Waals surface area contributed by atoms with Gasteiger partial charge in [-0.25, -0.2) is 4.98 Å². The summed E-state index contributed by atoms with van der Waals surface area (Å²) in [5.41, 5.74) is -2.16. The van der Waals surface area contributed by atoms with Crippen LogP contribution in [0.2, 0.25) is 0 Å². The predicted octanol–water partition coefficient (Wildman–Crippen LogP) is 4.29. The first-order valence-electron chi connectivity index (χ1n) is 9.89. The second kappa shape index (κ2) is 10.4. The lowest BCUT2D eigenvalue weighted by Gasteiger charge is -2.38. The quantitative estimate of drug-likeness (QED) is 0.392. The number of halogens is 3. The van der Waals surface area contributed by atoms with Crippen LogP contribution in [-0.4, -0.2) is 45.3 Å². The first kappa shape index (κ1) is 24.3. The highest BCUT2D eigenvalue weighted by atomic mass is 19.4. The highest BCUT2D eigenvalue weighted by molar-refractivity contribution is 6.05. The molecule has 2 heterocycles. The summed E-state index contributed by atoms with van der Waals surface area (Å²) >= 11 is 0. The highest BCUT2D eigenvalue weighted by Crippen LogP contribution is 2.31. The molecule has 1 aromatic heterocycles. The van der Waals surface area contributed by atoms with E-state index < -0.39 is 17.5 Å². The largest absolute Gasteiger partial charge is 0.454 e. The number of nitrogens with zero attached hydrogens (tertiary/aromatic N) is 3. The molecule has 1 aliphatic heterocycles. The van der Waals surface area contributed by atoms with E-state index in [4.69, 9.17) is 4.74 Å². The van der Waals surface area contributed by atoms with Crippen LogP contribution in [0.3, 0.4) is 0 Å². The summed E-state index contributed by atoms with van der Waals surface area (Å²) in [6.45, 7) is 7.70. The van der Waals surface area contributed by atoms with Gasteiger partial charge in [-0.05, 0) is 50.5 Å². The minimum Gasteiger partial charge on any atom is -0.454 e. The first-order valence-corrected chi connectivity index (χ1v) is 9.89. The lowest BCUT2D eigenvalue weighted by Crippen LogP contribution is -2.51. The number of piperidine rings is 1. The number of hydrogen-bond donors (Lipinski definition) is 1. The van der Waals surface area contributed by atoms with Crippen molar-refractivity contribution < 1.29 is 27.8 Å². The van der Waals surface area contributed by atoms with Crippen molar-refractivity contribution in [1.82, 2.24) is 9.88 Å². The molecule has 1 aliphatic rings. The van der Waals surface area contributed by atoms with E-state index in [-0.39, 0.29) is 36.0 Å². The molecule has 2 rings (SSSR count). The van der Waals surface area contributed by atoms with Crippen molar-refractivity contribution >= 4 is 11.6 Å². The van der Waals surface area contributed by atoms with Crippen LogP contribution in [0.5, 0.6) is 5.75 Å². The van der Waals surface area contributed by atoms with Crippen LogP contribution in [0, 0.1) is 0 Å². The fraction of sp³-hybridized carbons (Fsp3) is 0.409. The summed E-state index contributed by atoms with van der Waals surface area (Å²) in [6.07, 6.45) is 3.52. The van der Waals surface area contributed by atoms with Crippen molar-refractivity contribution in [3.8, 4) is 5.75 Å². The first-order chi connectivity index (χ1) is 14.6. The van der Waals surface area contributed by atoms with Gasteiger partial charge >= 0.3 is 6.18 Å². The number of allylic oxidation sites excluding steroid dienone is 2. The van der Waals surface area contributed by atoms with E-state index in [2.05, 4.69) is 16.6 Å². The molecule has 1 amide bonds. The van der Waals surface area contributed by atoms with Crippen LogP contribution in [0.1, 0.15) is 38.8 Å². The summed E-state index contributed by atoms with van der Waals surface area (Å²) in [5.74, 6) is 0.0994. The summed E-state index contributed by atoms with van der Waals surface area (Å²) < 4.78 is 44.1. The number of carbonyl (C=O) groups excluding carboxylic acids is 1. The molecule has 1 fully saturated rings. The number of aliphatic imine (C=N–C) groups is 1. The van der Waals surface area contributed by atoms with Crippen LogP contribution in [0.25, 0.3) is 0 Å². The Balaban J connectivity index is 2.32. The third-order valence-electron chi connectivity index (χ3n) is 4.75. The Labute approximate surface area is 179 Å². The van der Waals surface area contributed by atoms with Crippen molar-refractivity contribution in [2.75, 3.05) is 13.1 Å². The maximum atomic E-state index is 12.8. The fourth-order valence-corrected chi connectivity index (χ4v) is 3.13. The number of rotatable bonds is 7. The molecule has 0 saturated carbocycles. The number of ether oxygens (including phenoxy) is 1. The minimum atomic E-state index is -4.55. The number of pyridine rings is 1. The van der Waals surface area contributed by atoms with Crippen molar-refractivity contribution in [3.05, 3.63) is 60.8 Å². The van der Waals surface area contributed by atoms with Crippen molar-refractivity contribution in [3.63, 3.8) is 0 Å². The second-order valence-electron chi connectivity index (χ2n) is 6.98. The fourth-order valence-electron chi connectivity index (χ4n) is 3.13. The van der Waals surface area contributed by atoms with Gasteiger partial charge in [-0.15, -0.1) is 0 Å². The van der Waals surface area contributed by atoms with Crippen LogP contribution in [0.4, 0.5) is 13.2 Å². The second-order valence-corrected chi connectivity index (χ2v) is 6.98. The van der Waals surface area contributed by atoms with Gasteiger partial charge in [0.2, 0.25) is 5.91 Å². The van der Waals surface area contributed by atoms with Crippen LogP contribution in [0.15, 0.2) is 60.1 Å². The summed E-state index contributed by atoms with van der Waals surface area (Å²) in [7, 11) is 0. The predicted molar refractivity (Wildman–Crippen MR) is 111 cm³/mol. The highest BCUT2D eigenvalue weighted by Gasteiger charge is 2.40. The number of aliphatic hydroxyl groups is 1. The van der Waals surface area contributed by atoms with Crippen molar-refractivity contribution in [2.45, 2.75) is 44.9 Å². The Kier molecular flexibility index (Phi) is 8.15. The molecule has 31 heavy (non-hydrogen) atoms. The Hall–Kier alpha value is -2.94. The van der Waals surface area contributed by atoms with Gasteiger partial charge in [-0.1, -0.05) is 19.6 Å². The Bertz CT molecular complexity index is 866. The number of aromatic nitrogens is 1. The average Bonchev–Trinajstić information content (AvgIpc) is 2.73. The van der Waals surface area contributed by atoms with E-state index in [0.29, 0.717) is 19.5 Å². The van der Waals surface area contributed by atoms with E-state index in [1.807, 2.05) is 6.92 Å². The molecule has 0 unspecified atom stereocenters. The molecule has 1 N–H and O–H groups in total. The molecule has 1 saturated heterocycles. The Morgan fingerprint density at radius 3 is 2.55 bits per heavy atom. The molecule has 6 nitrogen and oxygen atoms in total. The zero-order valence-electron chi connectivity index (χ0n) is 17.5. The molecule has 0 spiro atoms. The van der Waals surface area contributed by atoms with Gasteiger partial charge in [0, 0.05) is 19.3 Å². The Morgan fingerprint density at radius 1 is 1.39 bits per heavy atom. The molecular weight excluding hydrogens is 411 g/mol. The molecule has 9 heteroatoms. The molecule has 1 aromatic rings. The molecule has 0 aliphatic carbocycles. The molecule has 0 bridgehead atoms. The number of hydrogen-bond acceptors (Lipinski definition) is 5. The smallest absolute Gasteiger partial charge is 0.433 e. The molecular formula is C22H26F3N3O3. The van der Waals surface area contributed by atoms with Gasteiger partial charge in [0.15, 0.2) is 0 Å². The Morgan fingerprint density at radius 2 is 2.06 bits per heavy atom. The molecule has 0 atom stereocenters. The van der Waals surface area contributed by atoms with Crippen molar-refractivity contribution in [2.24, 2.45) is 4.99 Å². The van der Waals surface area contributed by atoms with Gasteiger partial charge in [0.1, 0.15) is 28.5 Å². The third kappa shape index (κ3) is 6.27. The van der Waals surface area contributed by atoms with Crippen LogP contribution in [-0.2, 0) is 11.0 Å². The van der Waals surface area contributed by atoms with Gasteiger partial charge in [0.25, 0.3) is 0 Å². The number of amides is 1.